The van der Waals surface area contributed by atoms with Gasteiger partial charge in [0.25, 0.3) is 0 Å². The van der Waals surface area contributed by atoms with E-state index >= 15 is 0 Å². The third-order valence-electron chi connectivity index (χ3n) is 3.80. The lowest BCUT2D eigenvalue weighted by molar-refractivity contribution is 0.394. The Morgan fingerprint density at radius 1 is 1.47 bits per heavy atom. The monoisotopic (exact) mass is 260 g/mol. The van der Waals surface area contributed by atoms with E-state index in [2.05, 4.69) is 16.5 Å². The third kappa shape index (κ3) is 2.42. The summed E-state index contributed by atoms with van der Waals surface area (Å²) in [5.74, 6) is 0.653. The maximum absolute atomic E-state index is 5.24. The topological polar surface area (TPSA) is 51.5 Å². The van der Waals surface area contributed by atoms with E-state index in [9.17, 15) is 0 Å². The van der Waals surface area contributed by atoms with Crippen LogP contribution in [0.4, 0.5) is 0 Å². The summed E-state index contributed by atoms with van der Waals surface area (Å²) in [5.41, 5.74) is 3.06. The van der Waals surface area contributed by atoms with Crippen LogP contribution in [0, 0.1) is 6.92 Å². The lowest BCUT2D eigenvalue weighted by atomic mass is 10.0. The van der Waals surface area contributed by atoms with Crippen molar-refractivity contribution in [1.29, 1.82) is 0 Å². The molecule has 0 saturated carbocycles. The van der Waals surface area contributed by atoms with Crippen LogP contribution in [-0.2, 0) is 6.42 Å². The molecule has 102 valence electrons. The molecular formula is C14H20N4O. The molecule has 0 amide bonds. The minimum absolute atomic E-state index is 0.564. The lowest BCUT2D eigenvalue weighted by Gasteiger charge is -2.22. The highest BCUT2D eigenvalue weighted by atomic mass is 16.5. The Kier molecular flexibility index (Phi) is 3.38. The van der Waals surface area contributed by atoms with Gasteiger partial charge in [0.05, 0.1) is 18.4 Å². The molecule has 0 bridgehead atoms. The fourth-order valence-electron chi connectivity index (χ4n) is 2.77. The Labute approximate surface area is 113 Å². The van der Waals surface area contributed by atoms with Gasteiger partial charge >= 0.3 is 0 Å². The van der Waals surface area contributed by atoms with Crippen molar-refractivity contribution < 1.29 is 4.74 Å². The van der Waals surface area contributed by atoms with Gasteiger partial charge in [0.1, 0.15) is 12.0 Å². The summed E-state index contributed by atoms with van der Waals surface area (Å²) < 4.78 is 7.22. The average Bonchev–Trinajstić information content (AvgIpc) is 2.84. The van der Waals surface area contributed by atoms with Crippen LogP contribution in [0.1, 0.15) is 30.5 Å². The number of imidazole rings is 1. The van der Waals surface area contributed by atoms with Crippen molar-refractivity contribution >= 4 is 5.65 Å². The SMILES string of the molecule is COc1ncn2cc(C[C@@H]3CCCCN3)nc2c1C. The highest BCUT2D eigenvalue weighted by Gasteiger charge is 2.16. The molecule has 3 rings (SSSR count). The molecule has 5 heteroatoms. The number of fused-ring (bicyclic) bond motifs is 1. The van der Waals surface area contributed by atoms with Gasteiger partial charge in [-0.15, -0.1) is 0 Å². The van der Waals surface area contributed by atoms with Crippen LogP contribution in [0.3, 0.4) is 0 Å². The predicted molar refractivity (Wildman–Crippen MR) is 73.6 cm³/mol. The minimum atomic E-state index is 0.564. The summed E-state index contributed by atoms with van der Waals surface area (Å²) in [5, 5.41) is 3.56. The largest absolute Gasteiger partial charge is 0.481 e. The summed E-state index contributed by atoms with van der Waals surface area (Å²) in [6.45, 7) is 3.13. The molecule has 0 spiro atoms. The molecule has 19 heavy (non-hydrogen) atoms. The van der Waals surface area contributed by atoms with E-state index in [0.717, 1.165) is 29.9 Å². The average molecular weight is 260 g/mol. The van der Waals surface area contributed by atoms with Crippen molar-refractivity contribution in [1.82, 2.24) is 19.7 Å². The molecule has 0 aliphatic carbocycles. The summed E-state index contributed by atoms with van der Waals surface area (Å²) in [4.78, 5) is 8.99. The minimum Gasteiger partial charge on any atom is -0.481 e. The van der Waals surface area contributed by atoms with Gasteiger partial charge in [0.2, 0.25) is 5.88 Å². The van der Waals surface area contributed by atoms with Crippen molar-refractivity contribution in [3.63, 3.8) is 0 Å². The van der Waals surface area contributed by atoms with E-state index < -0.39 is 0 Å². The highest BCUT2D eigenvalue weighted by molar-refractivity contribution is 5.52. The smallest absolute Gasteiger partial charge is 0.221 e. The molecule has 1 aliphatic rings. The third-order valence-corrected chi connectivity index (χ3v) is 3.80. The lowest BCUT2D eigenvalue weighted by Crippen LogP contribution is -2.35. The second-order valence-corrected chi connectivity index (χ2v) is 5.19. The molecule has 0 unspecified atom stereocenters. The fourth-order valence-corrected chi connectivity index (χ4v) is 2.77. The van der Waals surface area contributed by atoms with Crippen molar-refractivity contribution in [2.75, 3.05) is 13.7 Å². The highest BCUT2D eigenvalue weighted by Crippen LogP contribution is 2.20. The zero-order chi connectivity index (χ0) is 13.2. The summed E-state index contributed by atoms with van der Waals surface area (Å²) in [6.07, 6.45) is 8.69. The van der Waals surface area contributed by atoms with E-state index in [1.54, 1.807) is 13.4 Å². The number of hydrogen-bond donors (Lipinski definition) is 1. The Morgan fingerprint density at radius 2 is 2.37 bits per heavy atom. The van der Waals surface area contributed by atoms with Crippen molar-refractivity contribution in [2.45, 2.75) is 38.6 Å². The number of hydrogen-bond acceptors (Lipinski definition) is 4. The van der Waals surface area contributed by atoms with Gasteiger partial charge in [-0.25, -0.2) is 9.97 Å². The zero-order valence-electron chi connectivity index (χ0n) is 11.5. The van der Waals surface area contributed by atoms with Crippen molar-refractivity contribution in [2.24, 2.45) is 0 Å². The predicted octanol–water partition coefficient (Wildman–Crippen LogP) is 1.73. The number of methoxy groups -OCH3 is 1. The van der Waals surface area contributed by atoms with Gasteiger partial charge in [-0.3, -0.25) is 4.40 Å². The van der Waals surface area contributed by atoms with Crippen LogP contribution in [-0.4, -0.2) is 34.1 Å². The van der Waals surface area contributed by atoms with Gasteiger partial charge in [-0.05, 0) is 26.3 Å². The van der Waals surface area contributed by atoms with Crippen molar-refractivity contribution in [3.05, 3.63) is 23.8 Å². The molecule has 5 nitrogen and oxygen atoms in total. The van der Waals surface area contributed by atoms with E-state index in [-0.39, 0.29) is 0 Å². The molecule has 2 aromatic heterocycles. The quantitative estimate of drug-likeness (QED) is 0.913. The van der Waals surface area contributed by atoms with E-state index in [0.29, 0.717) is 11.9 Å². The van der Waals surface area contributed by atoms with Gasteiger partial charge in [-0.2, -0.15) is 0 Å². The zero-order valence-corrected chi connectivity index (χ0v) is 11.5. The molecule has 1 aliphatic heterocycles. The Morgan fingerprint density at radius 3 is 3.11 bits per heavy atom. The second-order valence-electron chi connectivity index (χ2n) is 5.19. The molecular weight excluding hydrogens is 240 g/mol. The summed E-state index contributed by atoms with van der Waals surface area (Å²) in [7, 11) is 1.64. The van der Waals surface area contributed by atoms with E-state index in [1.165, 1.54) is 19.3 Å². The molecule has 1 atom stereocenters. The van der Waals surface area contributed by atoms with Crippen LogP contribution < -0.4 is 10.1 Å². The molecule has 1 saturated heterocycles. The number of rotatable bonds is 3. The fraction of sp³-hybridized carbons (Fsp3) is 0.571. The van der Waals surface area contributed by atoms with Gasteiger partial charge in [0.15, 0.2) is 0 Å². The van der Waals surface area contributed by atoms with Gasteiger partial charge < -0.3 is 10.1 Å². The summed E-state index contributed by atoms with van der Waals surface area (Å²) >= 11 is 0. The molecule has 0 aromatic carbocycles. The first-order valence-electron chi connectivity index (χ1n) is 6.88. The molecule has 3 heterocycles. The van der Waals surface area contributed by atoms with Crippen LogP contribution in [0.15, 0.2) is 12.5 Å². The second kappa shape index (κ2) is 5.17. The van der Waals surface area contributed by atoms with Gasteiger partial charge in [0, 0.05) is 18.7 Å². The van der Waals surface area contributed by atoms with Crippen LogP contribution in [0.2, 0.25) is 0 Å². The molecule has 1 N–H and O–H groups in total. The number of piperidine rings is 1. The Bertz CT molecular complexity index is 572. The normalized spacial score (nSPS) is 19.8. The first-order chi connectivity index (χ1) is 9.28. The van der Waals surface area contributed by atoms with Crippen molar-refractivity contribution in [3.8, 4) is 5.88 Å². The number of aryl methyl sites for hydroxylation is 1. The van der Waals surface area contributed by atoms with E-state index in [4.69, 9.17) is 9.72 Å². The molecule has 0 radical (unpaired) electrons. The summed E-state index contributed by atoms with van der Waals surface area (Å²) in [6, 6.07) is 0.564. The Hall–Kier alpha value is -1.62. The first kappa shape index (κ1) is 12.4. The molecule has 1 fully saturated rings. The van der Waals surface area contributed by atoms with Crippen LogP contribution >= 0.6 is 0 Å². The number of aromatic nitrogens is 3. The molecule has 2 aromatic rings. The maximum atomic E-state index is 5.24. The number of ether oxygens (including phenoxy) is 1. The number of nitrogens with one attached hydrogen (secondary N) is 1. The first-order valence-corrected chi connectivity index (χ1v) is 6.88. The maximum Gasteiger partial charge on any atom is 0.221 e. The number of nitrogens with zero attached hydrogens (tertiary/aromatic N) is 3. The van der Waals surface area contributed by atoms with Crippen LogP contribution in [0.5, 0.6) is 5.88 Å². The van der Waals surface area contributed by atoms with E-state index in [1.807, 2.05) is 11.3 Å². The standard InChI is InChI=1S/C14H20N4O/c1-10-13-17-12(7-11-5-3-4-6-15-11)8-18(13)9-16-14(10)19-2/h8-9,11,15H,3-7H2,1-2H3/t11-/m0/s1. The Balaban J connectivity index is 1.86. The van der Waals surface area contributed by atoms with Crippen LogP contribution in [0.25, 0.3) is 5.65 Å². The van der Waals surface area contributed by atoms with Gasteiger partial charge in [-0.1, -0.05) is 6.42 Å².